The normalized spacial score (nSPS) is 16.8. The Balaban J connectivity index is 1.66. The van der Waals surface area contributed by atoms with Crippen LogP contribution in [-0.2, 0) is 9.53 Å². The van der Waals surface area contributed by atoms with Gasteiger partial charge in [0.2, 0.25) is 5.78 Å². The van der Waals surface area contributed by atoms with Gasteiger partial charge in [-0.3, -0.25) is 9.59 Å². The van der Waals surface area contributed by atoms with Gasteiger partial charge >= 0.3 is 0 Å². The lowest BCUT2D eigenvalue weighted by molar-refractivity contribution is -0.129. The molecule has 0 radical (unpaired) electrons. The van der Waals surface area contributed by atoms with Crippen molar-refractivity contribution < 1.29 is 28.3 Å². The Labute approximate surface area is 187 Å². The zero-order chi connectivity index (χ0) is 22.1. The Morgan fingerprint density at radius 2 is 2.10 bits per heavy atom. The third-order valence-corrected chi connectivity index (χ3v) is 5.55. The molecule has 3 aromatic rings. The number of fused-ring (bicyclic) bond motifs is 1. The van der Waals surface area contributed by atoms with Crippen LogP contribution in [0.4, 0.5) is 0 Å². The predicted octanol–water partition coefficient (Wildman–Crippen LogP) is 5.18. The van der Waals surface area contributed by atoms with E-state index in [2.05, 4.69) is 15.9 Å². The van der Waals surface area contributed by atoms with E-state index < -0.39 is 23.5 Å². The van der Waals surface area contributed by atoms with Crippen LogP contribution >= 0.6 is 15.9 Å². The lowest BCUT2D eigenvalue weighted by Crippen LogP contribution is -2.32. The predicted molar refractivity (Wildman–Crippen MR) is 117 cm³/mol. The maximum absolute atomic E-state index is 13.4. The zero-order valence-electron chi connectivity index (χ0n) is 17.1. The van der Waals surface area contributed by atoms with Crippen LogP contribution in [0, 0.1) is 0 Å². The van der Waals surface area contributed by atoms with Gasteiger partial charge in [0.1, 0.15) is 17.4 Å². The summed E-state index contributed by atoms with van der Waals surface area (Å²) in [6.45, 7) is 4.62. The molecule has 1 N–H and O–H groups in total. The van der Waals surface area contributed by atoms with Crippen LogP contribution in [0.25, 0.3) is 11.0 Å². The lowest BCUT2D eigenvalue weighted by atomic mass is 9.99. The number of ketones is 1. The number of amides is 1. The number of rotatable bonds is 8. The maximum atomic E-state index is 13.4. The molecule has 1 amide bonds. The second kappa shape index (κ2) is 8.72. The second-order valence-electron chi connectivity index (χ2n) is 7.57. The molecule has 3 heterocycles. The third kappa shape index (κ3) is 4.18. The van der Waals surface area contributed by atoms with Crippen LogP contribution in [0.1, 0.15) is 42.6 Å². The molecule has 8 heteroatoms. The van der Waals surface area contributed by atoms with Crippen LogP contribution in [0.2, 0.25) is 0 Å². The molecule has 1 aromatic carbocycles. The monoisotopic (exact) mass is 487 g/mol. The van der Waals surface area contributed by atoms with E-state index in [4.69, 9.17) is 13.6 Å². The van der Waals surface area contributed by atoms with Gasteiger partial charge in [0, 0.05) is 23.0 Å². The number of hydrogen-bond donors (Lipinski definition) is 1. The van der Waals surface area contributed by atoms with Crippen LogP contribution in [0.3, 0.4) is 0 Å². The van der Waals surface area contributed by atoms with Crippen molar-refractivity contribution in [1.29, 1.82) is 0 Å². The quantitative estimate of drug-likeness (QED) is 0.347. The molecule has 1 aliphatic rings. The van der Waals surface area contributed by atoms with E-state index in [0.29, 0.717) is 30.9 Å². The first-order chi connectivity index (χ1) is 14.9. The fraction of sp³-hybridized carbons (Fsp3) is 0.304. The van der Waals surface area contributed by atoms with Crippen LogP contribution < -0.4 is 0 Å². The molecule has 1 unspecified atom stereocenters. The number of hydrogen-bond acceptors (Lipinski definition) is 6. The Hall–Kier alpha value is -2.84. The average Bonchev–Trinajstić information content (AvgIpc) is 3.44. The summed E-state index contributed by atoms with van der Waals surface area (Å²) in [5.41, 5.74) is 0.482. The molecule has 0 fully saturated rings. The number of halogens is 1. The first-order valence-electron chi connectivity index (χ1n) is 9.99. The van der Waals surface area contributed by atoms with Crippen molar-refractivity contribution in [3.8, 4) is 0 Å². The highest BCUT2D eigenvalue weighted by Crippen LogP contribution is 2.40. The molecule has 2 aromatic heterocycles. The van der Waals surface area contributed by atoms with Gasteiger partial charge in [0.15, 0.2) is 11.5 Å². The lowest BCUT2D eigenvalue weighted by Gasteiger charge is -2.24. The summed E-state index contributed by atoms with van der Waals surface area (Å²) in [7, 11) is 0. The Bertz CT molecular complexity index is 1140. The van der Waals surface area contributed by atoms with Crippen molar-refractivity contribution in [2.24, 2.45) is 0 Å². The molecule has 0 saturated carbocycles. The van der Waals surface area contributed by atoms with Gasteiger partial charge in [-0.05, 0) is 56.7 Å². The van der Waals surface area contributed by atoms with Crippen LogP contribution in [0.5, 0.6) is 0 Å². The topological polar surface area (TPSA) is 93.1 Å². The Morgan fingerprint density at radius 1 is 1.29 bits per heavy atom. The van der Waals surface area contributed by atoms with Gasteiger partial charge in [-0.1, -0.05) is 15.9 Å². The largest absolute Gasteiger partial charge is 0.503 e. The first-order valence-corrected chi connectivity index (χ1v) is 10.8. The second-order valence-corrected chi connectivity index (χ2v) is 8.49. The molecule has 0 spiro atoms. The highest BCUT2D eigenvalue weighted by Gasteiger charge is 2.45. The molecule has 1 atom stereocenters. The van der Waals surface area contributed by atoms with E-state index in [1.807, 2.05) is 26.0 Å². The summed E-state index contributed by atoms with van der Waals surface area (Å²) in [6, 6.07) is 9.50. The summed E-state index contributed by atoms with van der Waals surface area (Å²) in [6.07, 6.45) is 2.09. The van der Waals surface area contributed by atoms with Gasteiger partial charge in [-0.25, -0.2) is 0 Å². The van der Waals surface area contributed by atoms with Crippen molar-refractivity contribution in [2.45, 2.75) is 32.4 Å². The van der Waals surface area contributed by atoms with Crippen molar-refractivity contribution >= 4 is 38.6 Å². The molecular weight excluding hydrogens is 466 g/mol. The van der Waals surface area contributed by atoms with Gasteiger partial charge in [-0.15, -0.1) is 0 Å². The number of ether oxygens (including phenoxy) is 1. The highest BCUT2D eigenvalue weighted by molar-refractivity contribution is 9.10. The van der Waals surface area contributed by atoms with Crippen molar-refractivity contribution in [1.82, 2.24) is 4.90 Å². The molecule has 0 saturated heterocycles. The van der Waals surface area contributed by atoms with Gasteiger partial charge in [0.25, 0.3) is 5.91 Å². The fourth-order valence-electron chi connectivity index (χ4n) is 3.67. The number of carbonyl (C=O) groups excluding carboxylic acids is 2. The Morgan fingerprint density at radius 3 is 2.81 bits per heavy atom. The molecule has 31 heavy (non-hydrogen) atoms. The highest BCUT2D eigenvalue weighted by atomic mass is 79.9. The molecule has 162 valence electrons. The summed E-state index contributed by atoms with van der Waals surface area (Å²) in [5.74, 6) is -1.32. The minimum Gasteiger partial charge on any atom is -0.503 e. The van der Waals surface area contributed by atoms with Crippen molar-refractivity contribution in [3.05, 3.63) is 70.0 Å². The minimum atomic E-state index is -0.839. The summed E-state index contributed by atoms with van der Waals surface area (Å²) < 4.78 is 17.6. The zero-order valence-corrected chi connectivity index (χ0v) is 18.7. The molecular formula is C23H22BrNO6. The number of aliphatic hydroxyl groups excluding tert-OH is 1. The summed E-state index contributed by atoms with van der Waals surface area (Å²) in [5, 5.41) is 11.4. The first kappa shape index (κ1) is 21.4. The molecule has 0 bridgehead atoms. The summed E-state index contributed by atoms with van der Waals surface area (Å²) in [4.78, 5) is 27.6. The number of benzene rings is 1. The van der Waals surface area contributed by atoms with Gasteiger partial charge < -0.3 is 23.6 Å². The minimum absolute atomic E-state index is 0.0454. The maximum Gasteiger partial charge on any atom is 0.290 e. The van der Waals surface area contributed by atoms with E-state index in [1.54, 1.807) is 24.3 Å². The van der Waals surface area contributed by atoms with Crippen LogP contribution in [0.15, 0.2) is 67.3 Å². The van der Waals surface area contributed by atoms with E-state index in [1.165, 1.54) is 11.2 Å². The van der Waals surface area contributed by atoms with Gasteiger partial charge in [-0.2, -0.15) is 0 Å². The number of furan rings is 2. The average molecular weight is 488 g/mol. The molecule has 4 rings (SSSR count). The number of aliphatic hydroxyl groups is 1. The van der Waals surface area contributed by atoms with E-state index in [0.717, 1.165) is 9.86 Å². The van der Waals surface area contributed by atoms with Crippen molar-refractivity contribution in [2.75, 3.05) is 13.2 Å². The number of carbonyl (C=O) groups is 2. The SMILES string of the molecule is CC(C)OCCCN1C(=O)C(O)=C(C(=O)c2cc3cc(Br)ccc3o2)C1c1ccco1. The van der Waals surface area contributed by atoms with Crippen LogP contribution in [-0.4, -0.2) is 41.0 Å². The van der Waals surface area contributed by atoms with E-state index in [-0.39, 0.29) is 17.4 Å². The summed E-state index contributed by atoms with van der Waals surface area (Å²) >= 11 is 3.39. The van der Waals surface area contributed by atoms with Gasteiger partial charge in [0.05, 0.1) is 17.9 Å². The number of Topliss-reactive ketones (excluding diaryl/α,β-unsaturated/α-hetero) is 1. The fourth-order valence-corrected chi connectivity index (χ4v) is 4.05. The molecule has 1 aliphatic heterocycles. The number of nitrogens with zero attached hydrogens (tertiary/aromatic N) is 1. The standard InChI is InChI=1S/C23H22BrNO6/c1-13(2)29-10-4-8-25-20(17-5-3-9-30-17)19(22(27)23(25)28)21(26)18-12-14-11-15(24)6-7-16(14)31-18/h3,5-7,9,11-13,20,27H,4,8,10H2,1-2H3. The van der Waals surface area contributed by atoms with E-state index in [9.17, 15) is 14.7 Å². The van der Waals surface area contributed by atoms with E-state index >= 15 is 0 Å². The third-order valence-electron chi connectivity index (χ3n) is 5.06. The smallest absolute Gasteiger partial charge is 0.290 e. The molecule has 7 nitrogen and oxygen atoms in total. The Kier molecular flexibility index (Phi) is 6.02. The van der Waals surface area contributed by atoms with Crippen molar-refractivity contribution in [3.63, 3.8) is 0 Å². The molecule has 0 aliphatic carbocycles.